The summed E-state index contributed by atoms with van der Waals surface area (Å²) in [6.45, 7) is 1.96. The zero-order valence-electron chi connectivity index (χ0n) is 12.9. The molecule has 1 unspecified atom stereocenters. The van der Waals surface area contributed by atoms with Gasteiger partial charge in [0.05, 0.1) is 13.2 Å². The molecular weight excluding hydrogens is 278 g/mol. The van der Waals surface area contributed by atoms with Gasteiger partial charge in [0.15, 0.2) is 5.78 Å². The molecular formula is C18H21NO3. The second-order valence-corrected chi connectivity index (χ2v) is 5.19. The highest BCUT2D eigenvalue weighted by Gasteiger charge is 2.12. The highest BCUT2D eigenvalue weighted by Crippen LogP contribution is 2.32. The fraction of sp³-hybridized carbons (Fsp3) is 0.278. The number of rotatable bonds is 6. The van der Waals surface area contributed by atoms with Crippen LogP contribution >= 0.6 is 0 Å². The van der Waals surface area contributed by atoms with Gasteiger partial charge in [-0.25, -0.2) is 0 Å². The van der Waals surface area contributed by atoms with Crippen molar-refractivity contribution in [3.63, 3.8) is 0 Å². The van der Waals surface area contributed by atoms with Crippen LogP contribution in [0.4, 0.5) is 0 Å². The monoisotopic (exact) mass is 299 g/mol. The van der Waals surface area contributed by atoms with E-state index in [0.29, 0.717) is 24.3 Å². The molecule has 2 rings (SSSR count). The van der Waals surface area contributed by atoms with E-state index in [0.717, 1.165) is 16.7 Å². The number of aliphatic hydroxyl groups is 1. The number of Topliss-reactive ketones (excluding diaryl/α,β-unsaturated/α-hetero) is 1. The lowest BCUT2D eigenvalue weighted by atomic mass is 9.97. The molecule has 0 heterocycles. The van der Waals surface area contributed by atoms with E-state index in [1.54, 1.807) is 19.2 Å². The summed E-state index contributed by atoms with van der Waals surface area (Å²) in [6, 6.07) is 12.9. The van der Waals surface area contributed by atoms with Crippen molar-refractivity contribution in [2.45, 2.75) is 19.4 Å². The number of methoxy groups -OCH3 is 1. The molecule has 1 atom stereocenters. The Bertz CT molecular complexity index is 667. The summed E-state index contributed by atoms with van der Waals surface area (Å²) in [7, 11) is 1.60. The zero-order chi connectivity index (χ0) is 16.1. The van der Waals surface area contributed by atoms with Crippen molar-refractivity contribution in [1.29, 1.82) is 0 Å². The second kappa shape index (κ2) is 7.20. The number of hydrogen-bond acceptors (Lipinski definition) is 4. The summed E-state index contributed by atoms with van der Waals surface area (Å²) in [6.07, 6.45) is -0.0828. The Morgan fingerprint density at radius 3 is 2.68 bits per heavy atom. The Kier molecular flexibility index (Phi) is 5.31. The quantitative estimate of drug-likeness (QED) is 0.804. The second-order valence-electron chi connectivity index (χ2n) is 5.19. The van der Waals surface area contributed by atoms with Crippen molar-refractivity contribution < 1.29 is 14.6 Å². The Morgan fingerprint density at radius 1 is 1.27 bits per heavy atom. The third-order valence-electron chi connectivity index (χ3n) is 3.63. The van der Waals surface area contributed by atoms with Crippen LogP contribution in [0.25, 0.3) is 11.1 Å². The van der Waals surface area contributed by atoms with Crippen molar-refractivity contribution in [3.05, 3.63) is 53.6 Å². The minimum atomic E-state index is -0.591. The molecule has 4 nitrogen and oxygen atoms in total. The first-order valence-corrected chi connectivity index (χ1v) is 7.24. The van der Waals surface area contributed by atoms with E-state index in [4.69, 9.17) is 10.5 Å². The van der Waals surface area contributed by atoms with Crippen LogP contribution in [0.15, 0.2) is 42.5 Å². The molecule has 0 radical (unpaired) electrons. The first-order valence-electron chi connectivity index (χ1n) is 7.24. The summed E-state index contributed by atoms with van der Waals surface area (Å²) in [5.74, 6) is 0.693. The molecule has 0 saturated carbocycles. The highest BCUT2D eigenvalue weighted by atomic mass is 16.5. The molecule has 0 aromatic heterocycles. The third kappa shape index (κ3) is 3.53. The fourth-order valence-electron chi connectivity index (χ4n) is 2.39. The van der Waals surface area contributed by atoms with E-state index < -0.39 is 6.10 Å². The Hall–Kier alpha value is -2.17. The van der Waals surface area contributed by atoms with E-state index in [2.05, 4.69) is 0 Å². The van der Waals surface area contributed by atoms with Crippen LogP contribution < -0.4 is 10.5 Å². The van der Waals surface area contributed by atoms with Crippen LogP contribution in [0.1, 0.15) is 35.4 Å². The van der Waals surface area contributed by atoms with E-state index in [1.807, 2.05) is 30.3 Å². The molecule has 116 valence electrons. The lowest BCUT2D eigenvalue weighted by Gasteiger charge is -2.14. The number of benzene rings is 2. The van der Waals surface area contributed by atoms with Crippen molar-refractivity contribution >= 4 is 5.78 Å². The van der Waals surface area contributed by atoms with Gasteiger partial charge in [-0.2, -0.15) is 0 Å². The summed E-state index contributed by atoms with van der Waals surface area (Å²) >= 11 is 0. The van der Waals surface area contributed by atoms with Gasteiger partial charge in [-0.15, -0.1) is 0 Å². The Balaban J connectivity index is 2.48. The summed E-state index contributed by atoms with van der Waals surface area (Å²) in [5.41, 5.74) is 8.66. The SMILES string of the molecule is COc1ccc(C(C)=O)cc1-c1cccc(C(O)CCN)c1. The third-order valence-corrected chi connectivity index (χ3v) is 3.63. The number of ketones is 1. The van der Waals surface area contributed by atoms with Gasteiger partial charge in [0.2, 0.25) is 0 Å². The normalized spacial score (nSPS) is 12.0. The van der Waals surface area contributed by atoms with Gasteiger partial charge in [-0.1, -0.05) is 18.2 Å². The van der Waals surface area contributed by atoms with Gasteiger partial charge < -0.3 is 15.6 Å². The van der Waals surface area contributed by atoms with Gasteiger partial charge in [-0.3, -0.25) is 4.79 Å². The zero-order valence-corrected chi connectivity index (χ0v) is 12.9. The molecule has 0 bridgehead atoms. The highest BCUT2D eigenvalue weighted by molar-refractivity contribution is 5.96. The number of carbonyl (C=O) groups is 1. The number of aliphatic hydroxyl groups excluding tert-OH is 1. The average Bonchev–Trinajstić information content (AvgIpc) is 2.54. The molecule has 4 heteroatoms. The van der Waals surface area contributed by atoms with Crippen LogP contribution in [0.2, 0.25) is 0 Å². The molecule has 2 aromatic rings. The van der Waals surface area contributed by atoms with E-state index in [9.17, 15) is 9.90 Å². The Labute approximate surface area is 130 Å². The lowest BCUT2D eigenvalue weighted by molar-refractivity contribution is 0.101. The van der Waals surface area contributed by atoms with Crippen LogP contribution in [0.5, 0.6) is 5.75 Å². The van der Waals surface area contributed by atoms with Gasteiger partial charge >= 0.3 is 0 Å². The standard InChI is InChI=1S/C18H21NO3/c1-12(20)13-6-7-18(22-2)16(11-13)14-4-3-5-15(10-14)17(21)8-9-19/h3-7,10-11,17,21H,8-9,19H2,1-2H3. The van der Waals surface area contributed by atoms with Crippen LogP contribution in [-0.4, -0.2) is 24.5 Å². The summed E-state index contributed by atoms with van der Waals surface area (Å²) in [5, 5.41) is 10.1. The molecule has 0 aliphatic carbocycles. The maximum Gasteiger partial charge on any atom is 0.159 e. The largest absolute Gasteiger partial charge is 0.496 e. The lowest BCUT2D eigenvalue weighted by Crippen LogP contribution is -2.06. The smallest absolute Gasteiger partial charge is 0.159 e. The minimum Gasteiger partial charge on any atom is -0.496 e. The van der Waals surface area contributed by atoms with Crippen molar-refractivity contribution in [2.24, 2.45) is 5.73 Å². The predicted molar refractivity (Wildman–Crippen MR) is 87.1 cm³/mol. The van der Waals surface area contributed by atoms with Crippen molar-refractivity contribution in [2.75, 3.05) is 13.7 Å². The molecule has 0 aliphatic rings. The van der Waals surface area contributed by atoms with Gasteiger partial charge in [0.25, 0.3) is 0 Å². The van der Waals surface area contributed by atoms with Crippen molar-refractivity contribution in [3.8, 4) is 16.9 Å². The van der Waals surface area contributed by atoms with Gasteiger partial charge in [0.1, 0.15) is 5.75 Å². The summed E-state index contributed by atoms with van der Waals surface area (Å²) < 4.78 is 5.39. The van der Waals surface area contributed by atoms with Crippen LogP contribution in [-0.2, 0) is 0 Å². The molecule has 2 aromatic carbocycles. The van der Waals surface area contributed by atoms with Gasteiger partial charge in [0, 0.05) is 11.1 Å². The molecule has 0 saturated heterocycles. The first kappa shape index (κ1) is 16.2. The maximum absolute atomic E-state index is 11.6. The van der Waals surface area contributed by atoms with Crippen molar-refractivity contribution in [1.82, 2.24) is 0 Å². The number of carbonyl (C=O) groups excluding carboxylic acids is 1. The molecule has 3 N–H and O–H groups in total. The van der Waals surface area contributed by atoms with Gasteiger partial charge in [-0.05, 0) is 55.3 Å². The molecule has 0 amide bonds. The first-order chi connectivity index (χ1) is 10.6. The van der Waals surface area contributed by atoms with Crippen LogP contribution in [0, 0.1) is 0 Å². The van der Waals surface area contributed by atoms with E-state index in [1.165, 1.54) is 6.92 Å². The van der Waals surface area contributed by atoms with Crippen LogP contribution in [0.3, 0.4) is 0 Å². The Morgan fingerprint density at radius 2 is 2.05 bits per heavy atom. The molecule has 0 spiro atoms. The molecule has 0 fully saturated rings. The number of nitrogens with two attached hydrogens (primary N) is 1. The van der Waals surface area contributed by atoms with E-state index in [-0.39, 0.29) is 5.78 Å². The predicted octanol–water partition coefficient (Wildman–Crippen LogP) is 2.95. The molecule has 0 aliphatic heterocycles. The summed E-state index contributed by atoms with van der Waals surface area (Å²) in [4.78, 5) is 11.6. The maximum atomic E-state index is 11.6. The number of hydrogen-bond donors (Lipinski definition) is 2. The fourth-order valence-corrected chi connectivity index (χ4v) is 2.39. The minimum absolute atomic E-state index is 0.00299. The molecule has 22 heavy (non-hydrogen) atoms. The van der Waals surface area contributed by atoms with E-state index >= 15 is 0 Å². The average molecular weight is 299 g/mol. The number of ether oxygens (including phenoxy) is 1. The topological polar surface area (TPSA) is 72.5 Å².